The summed E-state index contributed by atoms with van der Waals surface area (Å²) in [5.74, 6) is 0.809. The number of hydrogen-bond acceptors (Lipinski definition) is 5. The molecule has 1 amide bonds. The Morgan fingerprint density at radius 3 is 2.95 bits per heavy atom. The molecule has 0 radical (unpaired) electrons. The largest absolute Gasteiger partial charge is 0.444 e. The van der Waals surface area contributed by atoms with Gasteiger partial charge in [0.25, 0.3) is 0 Å². The summed E-state index contributed by atoms with van der Waals surface area (Å²) in [7, 11) is -1.07. The van der Waals surface area contributed by atoms with Crippen molar-refractivity contribution in [1.29, 1.82) is 0 Å². The first-order chi connectivity index (χ1) is 9.85. The molecule has 1 aromatic heterocycles. The second-order valence-electron chi connectivity index (χ2n) is 6.24. The first kappa shape index (κ1) is 16.4. The van der Waals surface area contributed by atoms with Crippen molar-refractivity contribution in [1.82, 2.24) is 9.88 Å². The van der Waals surface area contributed by atoms with Gasteiger partial charge in [-0.2, -0.15) is 0 Å². The van der Waals surface area contributed by atoms with E-state index in [1.165, 1.54) is 11.3 Å². The molecular formula is C14H22N2O3S2. The molecule has 0 N–H and O–H groups in total. The van der Waals surface area contributed by atoms with Gasteiger partial charge in [-0.25, -0.2) is 9.78 Å². The van der Waals surface area contributed by atoms with Crippen molar-refractivity contribution < 1.29 is 13.7 Å². The summed E-state index contributed by atoms with van der Waals surface area (Å²) in [5.41, 5.74) is -0.478. The summed E-state index contributed by atoms with van der Waals surface area (Å²) in [4.78, 5) is 17.9. The zero-order chi connectivity index (χ0) is 15.5. The lowest BCUT2D eigenvalue weighted by molar-refractivity contribution is 0.0176. The van der Waals surface area contributed by atoms with Gasteiger partial charge in [0, 0.05) is 30.4 Å². The Balaban J connectivity index is 1.89. The Hall–Kier alpha value is -0.950. The molecule has 0 aromatic carbocycles. The molecule has 0 aliphatic carbocycles. The third-order valence-corrected chi connectivity index (χ3v) is 5.84. The molecule has 7 heteroatoms. The van der Waals surface area contributed by atoms with Gasteiger partial charge in [0.05, 0.1) is 10.8 Å². The van der Waals surface area contributed by atoms with Gasteiger partial charge in [0.15, 0.2) is 4.34 Å². The fraction of sp³-hybridized carbons (Fsp3) is 0.714. The van der Waals surface area contributed by atoms with Crippen LogP contribution >= 0.6 is 11.3 Å². The highest BCUT2D eigenvalue weighted by Gasteiger charge is 2.28. The minimum atomic E-state index is -1.07. The van der Waals surface area contributed by atoms with E-state index >= 15 is 0 Å². The zero-order valence-electron chi connectivity index (χ0n) is 12.7. The van der Waals surface area contributed by atoms with Crippen LogP contribution < -0.4 is 0 Å². The normalized spacial score (nSPS) is 21.1. The second kappa shape index (κ2) is 6.87. The van der Waals surface area contributed by atoms with Gasteiger partial charge in [0.1, 0.15) is 5.60 Å². The lowest BCUT2D eigenvalue weighted by Gasteiger charge is -2.33. The highest BCUT2D eigenvalue weighted by atomic mass is 32.2. The first-order valence-corrected chi connectivity index (χ1v) is 9.31. The third kappa shape index (κ3) is 5.07. The van der Waals surface area contributed by atoms with E-state index in [2.05, 4.69) is 4.98 Å². The first-order valence-electron chi connectivity index (χ1n) is 7.11. The predicted molar refractivity (Wildman–Crippen MR) is 83.9 cm³/mol. The van der Waals surface area contributed by atoms with Crippen LogP contribution in [-0.4, -0.2) is 44.6 Å². The Kier molecular flexibility index (Phi) is 5.37. The molecular weight excluding hydrogens is 308 g/mol. The maximum absolute atomic E-state index is 12.2. The molecule has 0 spiro atoms. The average Bonchev–Trinajstić information content (AvgIpc) is 2.91. The second-order valence-corrected chi connectivity index (χ2v) is 8.81. The standard InChI is InChI=1S/C14H22N2O3S2/c1-14(2,3)19-13(17)16-7-4-5-11(9-16)10-21(18)12-15-6-8-20-12/h6,8,11H,4-5,7,9-10H2,1-3H3/t11-,21+/m0/s1. The molecule has 0 saturated carbocycles. The number of amides is 1. The molecule has 1 aromatic rings. The number of nitrogens with zero attached hydrogens (tertiary/aromatic N) is 2. The summed E-state index contributed by atoms with van der Waals surface area (Å²) < 4.78 is 18.3. The smallest absolute Gasteiger partial charge is 0.410 e. The molecule has 1 aliphatic rings. The van der Waals surface area contributed by atoms with Crippen molar-refractivity contribution in [3.05, 3.63) is 11.6 Å². The van der Waals surface area contributed by atoms with Crippen LogP contribution in [0.5, 0.6) is 0 Å². The number of piperidine rings is 1. The number of carbonyl (C=O) groups excluding carboxylic acids is 1. The molecule has 118 valence electrons. The van der Waals surface area contributed by atoms with E-state index < -0.39 is 16.4 Å². The lowest BCUT2D eigenvalue weighted by Crippen LogP contribution is -2.43. The van der Waals surface area contributed by atoms with Crippen molar-refractivity contribution in [2.24, 2.45) is 5.92 Å². The van der Waals surface area contributed by atoms with Gasteiger partial charge in [-0.05, 0) is 39.5 Å². The van der Waals surface area contributed by atoms with E-state index in [9.17, 15) is 9.00 Å². The molecule has 2 rings (SSSR count). The van der Waals surface area contributed by atoms with Crippen molar-refractivity contribution in [3.63, 3.8) is 0 Å². The number of carbonyl (C=O) groups is 1. The topological polar surface area (TPSA) is 59.5 Å². The molecule has 0 unspecified atom stereocenters. The van der Waals surface area contributed by atoms with Crippen LogP contribution in [-0.2, 0) is 15.5 Å². The summed E-state index contributed by atoms with van der Waals surface area (Å²) in [6.45, 7) is 6.93. The lowest BCUT2D eigenvalue weighted by atomic mass is 10.0. The summed E-state index contributed by atoms with van der Waals surface area (Å²) >= 11 is 1.42. The van der Waals surface area contributed by atoms with Gasteiger partial charge in [0.2, 0.25) is 0 Å². The van der Waals surface area contributed by atoms with Crippen molar-refractivity contribution in [2.45, 2.75) is 43.6 Å². The highest BCUT2D eigenvalue weighted by Crippen LogP contribution is 2.22. The molecule has 1 saturated heterocycles. The van der Waals surface area contributed by atoms with Crippen LogP contribution in [0.15, 0.2) is 15.9 Å². The van der Waals surface area contributed by atoms with Crippen LogP contribution in [0, 0.1) is 5.92 Å². The number of rotatable bonds is 3. The molecule has 2 heterocycles. The third-order valence-electron chi connectivity index (χ3n) is 3.16. The average molecular weight is 330 g/mol. The zero-order valence-corrected chi connectivity index (χ0v) is 14.3. The molecule has 1 aliphatic heterocycles. The minimum Gasteiger partial charge on any atom is -0.444 e. The summed E-state index contributed by atoms with van der Waals surface area (Å²) in [6.07, 6.45) is 3.33. The maximum Gasteiger partial charge on any atom is 0.410 e. The Labute approximate surface area is 132 Å². The summed E-state index contributed by atoms with van der Waals surface area (Å²) in [5, 5.41) is 1.83. The Morgan fingerprint density at radius 2 is 2.33 bits per heavy atom. The minimum absolute atomic E-state index is 0.246. The number of hydrogen-bond donors (Lipinski definition) is 0. The van der Waals surface area contributed by atoms with Crippen LogP contribution in [0.25, 0.3) is 0 Å². The van der Waals surface area contributed by atoms with Crippen LogP contribution in [0.4, 0.5) is 4.79 Å². The molecule has 0 bridgehead atoms. The quantitative estimate of drug-likeness (QED) is 0.855. The molecule has 1 fully saturated rings. The van der Waals surface area contributed by atoms with Gasteiger partial charge >= 0.3 is 6.09 Å². The number of likely N-dealkylation sites (tertiary alicyclic amines) is 1. The van der Waals surface area contributed by atoms with E-state index in [-0.39, 0.29) is 12.0 Å². The van der Waals surface area contributed by atoms with Gasteiger partial charge in [-0.3, -0.25) is 4.21 Å². The predicted octanol–water partition coefficient (Wildman–Crippen LogP) is 2.90. The van der Waals surface area contributed by atoms with Gasteiger partial charge in [-0.1, -0.05) is 0 Å². The number of aromatic nitrogens is 1. The van der Waals surface area contributed by atoms with E-state index in [1.807, 2.05) is 26.2 Å². The van der Waals surface area contributed by atoms with E-state index in [0.717, 1.165) is 19.4 Å². The van der Waals surface area contributed by atoms with Crippen molar-refractivity contribution in [3.8, 4) is 0 Å². The van der Waals surface area contributed by atoms with Gasteiger partial charge < -0.3 is 9.64 Å². The Bertz CT molecular complexity index is 497. The summed E-state index contributed by atoms with van der Waals surface area (Å²) in [6, 6.07) is 0. The fourth-order valence-corrected chi connectivity index (χ4v) is 4.48. The van der Waals surface area contributed by atoms with E-state index in [4.69, 9.17) is 4.74 Å². The SMILES string of the molecule is CC(C)(C)OC(=O)N1CCC[C@H](C[S@@](=O)c2nccs2)C1. The van der Waals surface area contributed by atoms with E-state index in [1.54, 1.807) is 11.1 Å². The molecule has 21 heavy (non-hydrogen) atoms. The van der Waals surface area contributed by atoms with Crippen molar-refractivity contribution in [2.75, 3.05) is 18.8 Å². The van der Waals surface area contributed by atoms with Gasteiger partial charge in [-0.15, -0.1) is 11.3 Å². The van der Waals surface area contributed by atoms with Crippen molar-refractivity contribution >= 4 is 28.2 Å². The number of ether oxygens (including phenoxy) is 1. The van der Waals surface area contributed by atoms with Crippen LogP contribution in [0.3, 0.4) is 0 Å². The van der Waals surface area contributed by atoms with Crippen LogP contribution in [0.2, 0.25) is 0 Å². The Morgan fingerprint density at radius 1 is 1.57 bits per heavy atom. The molecule has 2 atom stereocenters. The monoisotopic (exact) mass is 330 g/mol. The maximum atomic E-state index is 12.2. The number of thiazole rings is 1. The fourth-order valence-electron chi connectivity index (χ4n) is 2.30. The van der Waals surface area contributed by atoms with E-state index in [0.29, 0.717) is 16.6 Å². The van der Waals surface area contributed by atoms with Crippen LogP contribution in [0.1, 0.15) is 33.6 Å². The highest BCUT2D eigenvalue weighted by molar-refractivity contribution is 7.87. The molecule has 5 nitrogen and oxygen atoms in total.